The van der Waals surface area contributed by atoms with E-state index in [-0.39, 0.29) is 24.3 Å². The second-order valence-electron chi connectivity index (χ2n) is 8.13. The van der Waals surface area contributed by atoms with Crippen molar-refractivity contribution in [2.45, 2.75) is 32.2 Å². The predicted octanol–water partition coefficient (Wildman–Crippen LogP) is 2.31. The van der Waals surface area contributed by atoms with E-state index in [2.05, 4.69) is 0 Å². The zero-order valence-electron chi connectivity index (χ0n) is 18.7. The number of nitrogens with zero attached hydrogens (tertiary/aromatic N) is 5. The van der Waals surface area contributed by atoms with E-state index in [1.807, 2.05) is 60.3 Å². The maximum atomic E-state index is 12.7. The van der Waals surface area contributed by atoms with Gasteiger partial charge in [-0.05, 0) is 25.0 Å². The van der Waals surface area contributed by atoms with Gasteiger partial charge in [-0.2, -0.15) is 0 Å². The highest BCUT2D eigenvalue weighted by molar-refractivity contribution is 5.78. The van der Waals surface area contributed by atoms with Crippen LogP contribution < -0.4 is 9.64 Å². The van der Waals surface area contributed by atoms with Crippen molar-refractivity contribution < 1.29 is 14.3 Å². The van der Waals surface area contributed by atoms with Crippen LogP contribution in [0.4, 0.5) is 5.82 Å². The van der Waals surface area contributed by atoms with E-state index in [1.54, 1.807) is 11.9 Å². The Morgan fingerprint density at radius 2 is 1.90 bits per heavy atom. The molecule has 2 amide bonds. The number of likely N-dealkylation sites (tertiary alicyclic amines) is 1. The molecule has 0 bridgehead atoms. The van der Waals surface area contributed by atoms with Gasteiger partial charge in [-0.15, -0.1) is 0 Å². The Morgan fingerprint density at radius 1 is 1.16 bits per heavy atom. The highest BCUT2D eigenvalue weighted by Crippen LogP contribution is 2.26. The van der Waals surface area contributed by atoms with E-state index in [1.165, 1.54) is 6.92 Å². The smallest absolute Gasteiger partial charge is 0.260 e. The number of carbonyl (C=O) groups excluding carboxylic acids is 2. The highest BCUT2D eigenvalue weighted by atomic mass is 16.5. The Labute approximate surface area is 183 Å². The molecular weight excluding hydrogens is 394 g/mol. The van der Waals surface area contributed by atoms with E-state index in [0.717, 1.165) is 30.2 Å². The zero-order chi connectivity index (χ0) is 22.4. The molecule has 0 unspecified atom stereocenters. The van der Waals surface area contributed by atoms with Gasteiger partial charge in [0.15, 0.2) is 6.61 Å². The molecule has 0 spiro atoms. The molecule has 1 fully saturated rings. The van der Waals surface area contributed by atoms with Crippen molar-refractivity contribution >= 4 is 17.6 Å². The van der Waals surface area contributed by atoms with Crippen LogP contribution in [0.25, 0.3) is 0 Å². The summed E-state index contributed by atoms with van der Waals surface area (Å²) in [7, 11) is 5.62. The van der Waals surface area contributed by atoms with Crippen molar-refractivity contribution in [1.29, 1.82) is 0 Å². The summed E-state index contributed by atoms with van der Waals surface area (Å²) in [6, 6.07) is 11.3. The van der Waals surface area contributed by atoms with Crippen molar-refractivity contribution in [3.05, 3.63) is 47.9 Å². The number of rotatable bonds is 7. The quantitative estimate of drug-likeness (QED) is 0.677. The molecule has 0 N–H and O–H groups in total. The average molecular weight is 426 g/mol. The molecule has 31 heavy (non-hydrogen) atoms. The van der Waals surface area contributed by atoms with Crippen LogP contribution in [0.15, 0.2) is 36.4 Å². The number of piperidine rings is 1. The summed E-state index contributed by atoms with van der Waals surface area (Å²) < 4.78 is 5.63. The Morgan fingerprint density at radius 3 is 2.58 bits per heavy atom. The van der Waals surface area contributed by atoms with E-state index in [0.29, 0.717) is 25.4 Å². The van der Waals surface area contributed by atoms with Crippen LogP contribution in [-0.4, -0.2) is 72.4 Å². The van der Waals surface area contributed by atoms with Gasteiger partial charge in [0.25, 0.3) is 5.91 Å². The molecule has 1 aliphatic heterocycles. The van der Waals surface area contributed by atoms with Crippen molar-refractivity contribution in [1.82, 2.24) is 19.8 Å². The van der Waals surface area contributed by atoms with Gasteiger partial charge in [-0.25, -0.2) is 9.97 Å². The van der Waals surface area contributed by atoms with Crippen LogP contribution in [0.2, 0.25) is 0 Å². The molecule has 166 valence electrons. The molecule has 0 aliphatic carbocycles. The van der Waals surface area contributed by atoms with Gasteiger partial charge in [0.05, 0.1) is 12.2 Å². The first-order valence-corrected chi connectivity index (χ1v) is 10.6. The first kappa shape index (κ1) is 22.5. The van der Waals surface area contributed by atoms with E-state index in [9.17, 15) is 9.59 Å². The average Bonchev–Trinajstić information content (AvgIpc) is 2.78. The van der Waals surface area contributed by atoms with Crippen molar-refractivity contribution in [3.8, 4) is 5.75 Å². The fourth-order valence-electron chi connectivity index (χ4n) is 3.52. The lowest BCUT2D eigenvalue weighted by Crippen LogP contribution is -2.42. The van der Waals surface area contributed by atoms with Crippen LogP contribution in [-0.2, 0) is 16.1 Å². The number of ether oxygens (including phenoxy) is 1. The first-order valence-electron chi connectivity index (χ1n) is 10.6. The van der Waals surface area contributed by atoms with Gasteiger partial charge in [0, 0.05) is 53.1 Å². The van der Waals surface area contributed by atoms with Crippen molar-refractivity contribution in [2.75, 3.05) is 45.7 Å². The highest BCUT2D eigenvalue weighted by Gasteiger charge is 2.27. The van der Waals surface area contributed by atoms with Gasteiger partial charge in [-0.3, -0.25) is 9.59 Å². The number of carbonyl (C=O) groups is 2. The number of para-hydroxylation sites is 1. The van der Waals surface area contributed by atoms with Gasteiger partial charge in [0.1, 0.15) is 17.4 Å². The van der Waals surface area contributed by atoms with Gasteiger partial charge < -0.3 is 19.4 Å². The second-order valence-corrected chi connectivity index (χ2v) is 8.13. The van der Waals surface area contributed by atoms with Crippen molar-refractivity contribution in [2.24, 2.45) is 0 Å². The first-order chi connectivity index (χ1) is 14.8. The molecular formula is C23H31N5O3. The molecule has 1 aromatic heterocycles. The molecule has 0 saturated carbocycles. The molecule has 1 atom stereocenters. The maximum absolute atomic E-state index is 12.7. The fraction of sp³-hybridized carbons (Fsp3) is 0.478. The Hall–Kier alpha value is -3.16. The summed E-state index contributed by atoms with van der Waals surface area (Å²) in [5.74, 6) is 2.21. The lowest BCUT2D eigenvalue weighted by atomic mass is 9.97. The minimum atomic E-state index is -0.0335. The monoisotopic (exact) mass is 425 g/mol. The van der Waals surface area contributed by atoms with Crippen LogP contribution in [0.1, 0.15) is 37.2 Å². The summed E-state index contributed by atoms with van der Waals surface area (Å²) >= 11 is 0. The predicted molar refractivity (Wildman–Crippen MR) is 119 cm³/mol. The summed E-state index contributed by atoms with van der Waals surface area (Å²) in [6.45, 7) is 3.25. The fourth-order valence-corrected chi connectivity index (χ4v) is 3.52. The third kappa shape index (κ3) is 6.16. The molecule has 1 saturated heterocycles. The molecule has 2 heterocycles. The normalized spacial score (nSPS) is 16.0. The third-order valence-electron chi connectivity index (χ3n) is 5.42. The summed E-state index contributed by atoms with van der Waals surface area (Å²) in [5.41, 5.74) is 0.794. The number of aromatic nitrogens is 2. The summed E-state index contributed by atoms with van der Waals surface area (Å²) in [6.07, 6.45) is 1.81. The van der Waals surface area contributed by atoms with E-state index < -0.39 is 0 Å². The topological polar surface area (TPSA) is 78.9 Å². The third-order valence-corrected chi connectivity index (χ3v) is 5.42. The molecule has 1 aromatic carbocycles. The summed E-state index contributed by atoms with van der Waals surface area (Å²) in [4.78, 5) is 39.3. The molecule has 8 heteroatoms. The van der Waals surface area contributed by atoms with Gasteiger partial charge in [0.2, 0.25) is 5.91 Å². The van der Waals surface area contributed by atoms with E-state index >= 15 is 0 Å². The maximum Gasteiger partial charge on any atom is 0.260 e. The van der Waals surface area contributed by atoms with Crippen LogP contribution in [0.3, 0.4) is 0 Å². The zero-order valence-corrected chi connectivity index (χ0v) is 18.7. The number of benzene rings is 1. The Bertz CT molecular complexity index is 903. The standard InChI is InChI=1S/C23H31N5O3/c1-17(29)27(4)15-19-13-21(26(2)3)25-23(24-19)18-9-8-12-28(14-18)22(30)16-31-20-10-6-5-7-11-20/h5-7,10-11,13,18H,8-9,12,14-16H2,1-4H3/t18-/m1/s1. The number of hydrogen-bond donors (Lipinski definition) is 0. The molecule has 3 rings (SSSR count). The Kier molecular flexibility index (Phi) is 7.44. The van der Waals surface area contributed by atoms with Gasteiger partial charge >= 0.3 is 0 Å². The minimum Gasteiger partial charge on any atom is -0.484 e. The van der Waals surface area contributed by atoms with Crippen LogP contribution in [0.5, 0.6) is 5.75 Å². The van der Waals surface area contributed by atoms with Gasteiger partial charge in [-0.1, -0.05) is 18.2 Å². The molecule has 0 radical (unpaired) electrons. The number of anilines is 1. The second kappa shape index (κ2) is 10.2. The number of hydrogen-bond acceptors (Lipinski definition) is 6. The van der Waals surface area contributed by atoms with Crippen LogP contribution in [0, 0.1) is 0 Å². The number of amides is 2. The molecule has 2 aromatic rings. The Balaban J connectivity index is 1.71. The summed E-state index contributed by atoms with van der Waals surface area (Å²) in [5, 5.41) is 0. The molecule has 8 nitrogen and oxygen atoms in total. The van der Waals surface area contributed by atoms with Crippen molar-refractivity contribution in [3.63, 3.8) is 0 Å². The minimum absolute atomic E-state index is 0.0144. The lowest BCUT2D eigenvalue weighted by molar-refractivity contribution is -0.134. The SMILES string of the molecule is CC(=O)N(C)Cc1cc(N(C)C)nc([C@@H]2CCCN(C(=O)COc3ccccc3)C2)n1. The lowest BCUT2D eigenvalue weighted by Gasteiger charge is -2.32. The van der Waals surface area contributed by atoms with Crippen LogP contribution >= 0.6 is 0 Å². The molecule has 1 aliphatic rings. The van der Waals surface area contributed by atoms with E-state index in [4.69, 9.17) is 14.7 Å². The largest absolute Gasteiger partial charge is 0.484 e.